The number of hydrogen-bond donors (Lipinski definition) is 3. The van der Waals surface area contributed by atoms with Gasteiger partial charge >= 0.3 is 0 Å². The maximum atomic E-state index is 12.9. The van der Waals surface area contributed by atoms with Crippen LogP contribution in [0.3, 0.4) is 0 Å². The molecule has 0 aliphatic carbocycles. The topological polar surface area (TPSA) is 104 Å². The van der Waals surface area contributed by atoms with E-state index >= 15 is 0 Å². The van der Waals surface area contributed by atoms with Crippen LogP contribution in [-0.4, -0.2) is 26.8 Å². The quantitative estimate of drug-likeness (QED) is 0.407. The molecule has 0 unspecified atom stereocenters. The van der Waals surface area contributed by atoms with Gasteiger partial charge in [-0.25, -0.2) is 8.42 Å². The minimum atomic E-state index is -4.05. The molecular formula is C24H22ClN3O4S. The fourth-order valence-electron chi connectivity index (χ4n) is 2.93. The number of halogens is 1. The lowest BCUT2D eigenvalue weighted by Gasteiger charge is -2.13. The summed E-state index contributed by atoms with van der Waals surface area (Å²) in [6.45, 7) is 5.71. The van der Waals surface area contributed by atoms with Crippen molar-refractivity contribution in [2.75, 3.05) is 16.6 Å². The van der Waals surface area contributed by atoms with Crippen molar-refractivity contribution in [1.82, 2.24) is 5.32 Å². The smallest absolute Gasteiger partial charge is 0.263 e. The molecule has 0 saturated heterocycles. The molecule has 33 heavy (non-hydrogen) atoms. The Bertz CT molecular complexity index is 1310. The first-order valence-electron chi connectivity index (χ1n) is 9.90. The fourth-order valence-corrected chi connectivity index (χ4v) is 4.51. The van der Waals surface area contributed by atoms with E-state index in [2.05, 4.69) is 21.9 Å². The maximum absolute atomic E-state index is 12.9. The van der Waals surface area contributed by atoms with Crippen molar-refractivity contribution in [3.05, 3.63) is 101 Å². The molecule has 9 heteroatoms. The number of sulfonamides is 1. The molecule has 0 aliphatic rings. The Morgan fingerprint density at radius 3 is 2.39 bits per heavy atom. The van der Waals surface area contributed by atoms with Crippen molar-refractivity contribution in [3.8, 4) is 0 Å². The summed E-state index contributed by atoms with van der Waals surface area (Å²) in [5.41, 5.74) is 1.95. The van der Waals surface area contributed by atoms with E-state index in [9.17, 15) is 18.0 Å². The number of para-hydroxylation sites is 1. The van der Waals surface area contributed by atoms with E-state index < -0.39 is 15.9 Å². The Hall–Kier alpha value is -3.62. The number of rotatable bonds is 8. The highest BCUT2D eigenvalue weighted by Gasteiger charge is 2.21. The zero-order valence-corrected chi connectivity index (χ0v) is 19.3. The maximum Gasteiger partial charge on any atom is 0.263 e. The minimum Gasteiger partial charge on any atom is -0.349 e. The summed E-state index contributed by atoms with van der Waals surface area (Å²) < 4.78 is 28.2. The lowest BCUT2D eigenvalue weighted by Crippen LogP contribution is -2.25. The first-order chi connectivity index (χ1) is 15.7. The number of carbonyl (C=O) groups is 2. The Kier molecular flexibility index (Phi) is 7.52. The molecule has 170 valence electrons. The largest absolute Gasteiger partial charge is 0.349 e. The zero-order valence-electron chi connectivity index (χ0n) is 17.8. The molecule has 3 aromatic rings. The van der Waals surface area contributed by atoms with Crippen molar-refractivity contribution < 1.29 is 18.0 Å². The normalized spacial score (nSPS) is 10.8. The SMILES string of the molecule is C=CCNC(=O)c1ccccc1NC(=O)c1ccc(Cl)c(S(=O)(=O)Nc2ccc(C)cc2)c1. The van der Waals surface area contributed by atoms with Gasteiger partial charge in [-0.1, -0.05) is 47.5 Å². The summed E-state index contributed by atoms with van der Waals surface area (Å²) in [6.07, 6.45) is 1.54. The van der Waals surface area contributed by atoms with E-state index in [1.54, 1.807) is 54.6 Å². The molecule has 0 aliphatic heterocycles. The van der Waals surface area contributed by atoms with Crippen LogP contribution < -0.4 is 15.4 Å². The van der Waals surface area contributed by atoms with Gasteiger partial charge in [0, 0.05) is 17.8 Å². The van der Waals surface area contributed by atoms with Gasteiger partial charge in [-0.15, -0.1) is 6.58 Å². The third kappa shape index (κ3) is 6.00. The first kappa shape index (κ1) is 24.0. The summed E-state index contributed by atoms with van der Waals surface area (Å²) in [5, 5.41) is 5.27. The Morgan fingerprint density at radius 2 is 1.70 bits per heavy atom. The molecule has 3 aromatic carbocycles. The average Bonchev–Trinajstić information content (AvgIpc) is 2.79. The van der Waals surface area contributed by atoms with Gasteiger partial charge in [0.25, 0.3) is 21.8 Å². The van der Waals surface area contributed by atoms with Crippen molar-refractivity contribution in [2.45, 2.75) is 11.8 Å². The number of carbonyl (C=O) groups excluding carboxylic acids is 2. The first-order valence-corrected chi connectivity index (χ1v) is 11.8. The van der Waals surface area contributed by atoms with E-state index in [1.807, 2.05) is 6.92 Å². The van der Waals surface area contributed by atoms with Crippen LogP contribution in [0, 0.1) is 6.92 Å². The molecular weight excluding hydrogens is 462 g/mol. The molecule has 0 radical (unpaired) electrons. The number of anilines is 2. The number of benzene rings is 3. The Labute approximate surface area is 197 Å². The molecule has 0 saturated carbocycles. The van der Waals surface area contributed by atoms with E-state index in [-0.39, 0.29) is 39.2 Å². The summed E-state index contributed by atoms with van der Waals surface area (Å²) in [4.78, 5) is 25.0. The highest BCUT2D eigenvalue weighted by molar-refractivity contribution is 7.92. The number of aryl methyl sites for hydroxylation is 1. The molecule has 3 N–H and O–H groups in total. The lowest BCUT2D eigenvalue weighted by molar-refractivity contribution is 0.0959. The monoisotopic (exact) mass is 483 g/mol. The van der Waals surface area contributed by atoms with Gasteiger partial charge in [0.1, 0.15) is 4.90 Å². The summed E-state index contributed by atoms with van der Waals surface area (Å²) >= 11 is 6.14. The van der Waals surface area contributed by atoms with Gasteiger partial charge in [0.2, 0.25) is 0 Å². The standard InChI is InChI=1S/C24H22ClN3O4S/c1-3-14-26-24(30)19-6-4-5-7-21(19)27-23(29)17-10-13-20(25)22(15-17)33(31,32)28-18-11-8-16(2)9-12-18/h3-13,15,28H,1,14H2,2H3,(H,26,30)(H,27,29). The number of hydrogen-bond acceptors (Lipinski definition) is 4. The van der Waals surface area contributed by atoms with Crippen LogP contribution in [0.15, 0.2) is 84.3 Å². The molecule has 3 rings (SSSR count). The van der Waals surface area contributed by atoms with Crippen LogP contribution >= 0.6 is 11.6 Å². The molecule has 0 bridgehead atoms. The van der Waals surface area contributed by atoms with Gasteiger partial charge in [-0.05, 0) is 49.4 Å². The van der Waals surface area contributed by atoms with Crippen LogP contribution in [0.4, 0.5) is 11.4 Å². The van der Waals surface area contributed by atoms with Gasteiger partial charge in [0.15, 0.2) is 0 Å². The van der Waals surface area contributed by atoms with Crippen molar-refractivity contribution in [2.24, 2.45) is 0 Å². The third-order valence-electron chi connectivity index (χ3n) is 4.61. The molecule has 0 aromatic heterocycles. The van der Waals surface area contributed by atoms with Crippen molar-refractivity contribution in [3.63, 3.8) is 0 Å². The van der Waals surface area contributed by atoms with Gasteiger partial charge < -0.3 is 10.6 Å². The average molecular weight is 484 g/mol. The van der Waals surface area contributed by atoms with Crippen LogP contribution in [0.5, 0.6) is 0 Å². The third-order valence-corrected chi connectivity index (χ3v) is 6.48. The van der Waals surface area contributed by atoms with Crippen LogP contribution in [0.25, 0.3) is 0 Å². The van der Waals surface area contributed by atoms with Gasteiger partial charge in [-0.2, -0.15) is 0 Å². The van der Waals surface area contributed by atoms with Crippen LogP contribution in [-0.2, 0) is 10.0 Å². The predicted octanol–water partition coefficient (Wildman–Crippen LogP) is 4.62. The minimum absolute atomic E-state index is 0.0321. The number of nitrogens with one attached hydrogen (secondary N) is 3. The molecule has 2 amide bonds. The molecule has 0 atom stereocenters. The predicted molar refractivity (Wildman–Crippen MR) is 130 cm³/mol. The van der Waals surface area contributed by atoms with Gasteiger partial charge in [0.05, 0.1) is 16.3 Å². The highest BCUT2D eigenvalue weighted by atomic mass is 35.5. The van der Waals surface area contributed by atoms with Crippen molar-refractivity contribution >= 4 is 44.8 Å². The fraction of sp³-hybridized carbons (Fsp3) is 0.0833. The molecule has 0 fully saturated rings. The Balaban J connectivity index is 1.86. The number of amides is 2. The second kappa shape index (κ2) is 10.3. The summed E-state index contributed by atoms with van der Waals surface area (Å²) in [7, 11) is -4.05. The second-order valence-corrected chi connectivity index (χ2v) is 9.17. The molecule has 0 heterocycles. The van der Waals surface area contributed by atoms with E-state index in [4.69, 9.17) is 11.6 Å². The Morgan fingerprint density at radius 1 is 1.00 bits per heavy atom. The second-order valence-electron chi connectivity index (χ2n) is 7.12. The summed E-state index contributed by atoms with van der Waals surface area (Å²) in [6, 6.07) is 17.2. The van der Waals surface area contributed by atoms with E-state index in [1.165, 1.54) is 18.2 Å². The molecule has 7 nitrogen and oxygen atoms in total. The van der Waals surface area contributed by atoms with Crippen LogP contribution in [0.2, 0.25) is 5.02 Å². The van der Waals surface area contributed by atoms with Crippen LogP contribution in [0.1, 0.15) is 26.3 Å². The lowest BCUT2D eigenvalue weighted by atomic mass is 10.1. The van der Waals surface area contributed by atoms with Crippen molar-refractivity contribution in [1.29, 1.82) is 0 Å². The molecule has 0 spiro atoms. The highest BCUT2D eigenvalue weighted by Crippen LogP contribution is 2.26. The van der Waals surface area contributed by atoms with E-state index in [0.717, 1.165) is 5.56 Å². The zero-order chi connectivity index (χ0) is 24.0. The van der Waals surface area contributed by atoms with Gasteiger partial charge in [-0.3, -0.25) is 14.3 Å². The summed E-state index contributed by atoms with van der Waals surface area (Å²) in [5.74, 6) is -0.977. The van der Waals surface area contributed by atoms with E-state index in [0.29, 0.717) is 5.69 Å².